The molecular weight excluding hydrogens is 493 g/mol. The number of aromatic nitrogens is 4. The fraction of sp³-hybridized carbons (Fsp3) is 0.0417. The van der Waals surface area contributed by atoms with Gasteiger partial charge in [0.2, 0.25) is 5.88 Å². The molecule has 0 unspecified atom stereocenters. The Labute approximate surface area is 205 Å². The third-order valence-corrected chi connectivity index (χ3v) is 5.24. The van der Waals surface area contributed by atoms with Crippen molar-refractivity contribution in [3.05, 3.63) is 78.5 Å². The number of fused-ring (bicyclic) bond motifs is 1. The van der Waals surface area contributed by atoms with Crippen molar-refractivity contribution in [2.75, 3.05) is 0 Å². The Morgan fingerprint density at radius 1 is 1.03 bits per heavy atom. The number of carbonyl (C=O) groups is 1. The second kappa shape index (κ2) is 9.11. The van der Waals surface area contributed by atoms with Crippen molar-refractivity contribution in [3.8, 4) is 34.3 Å². The molecule has 0 aliphatic rings. The standard InChI is InChI=1S/C24H15F3N6O4/c25-24(26,27)37-15-7-9-18-17(11-15)21(23(36)28-18)30-31-22(35)16-8-6-14(10-20(16)34)33-12-19(29-32-33)13-4-2-1-3-5-13/h1-12,28,34,36H. The van der Waals surface area contributed by atoms with Gasteiger partial charge >= 0.3 is 6.36 Å². The summed E-state index contributed by atoms with van der Waals surface area (Å²) >= 11 is 0. The van der Waals surface area contributed by atoms with Crippen LogP contribution in [0.1, 0.15) is 10.4 Å². The zero-order valence-corrected chi connectivity index (χ0v) is 18.5. The summed E-state index contributed by atoms with van der Waals surface area (Å²) in [5.74, 6) is -2.43. The first kappa shape index (κ1) is 23.5. The van der Waals surface area contributed by atoms with Gasteiger partial charge in [0.05, 0.1) is 23.0 Å². The van der Waals surface area contributed by atoms with Crippen molar-refractivity contribution in [2.24, 2.45) is 10.2 Å². The lowest BCUT2D eigenvalue weighted by atomic mass is 10.1. The SMILES string of the molecule is O=C(N=Nc1c(O)[nH]c2ccc(OC(F)(F)F)cc12)c1ccc(-n2cc(-c3ccccc3)nn2)cc1O. The van der Waals surface area contributed by atoms with Gasteiger partial charge < -0.3 is 19.9 Å². The first-order valence-electron chi connectivity index (χ1n) is 10.6. The average molecular weight is 508 g/mol. The molecule has 2 heterocycles. The Morgan fingerprint density at radius 3 is 2.54 bits per heavy atom. The second-order valence-electron chi connectivity index (χ2n) is 7.70. The van der Waals surface area contributed by atoms with Crippen LogP contribution >= 0.6 is 0 Å². The summed E-state index contributed by atoms with van der Waals surface area (Å²) in [6.07, 6.45) is -3.26. The van der Waals surface area contributed by atoms with E-state index in [1.54, 1.807) is 6.20 Å². The molecule has 186 valence electrons. The molecule has 0 saturated heterocycles. The molecule has 0 bridgehead atoms. The number of rotatable bonds is 5. The van der Waals surface area contributed by atoms with E-state index in [-0.39, 0.29) is 22.2 Å². The highest BCUT2D eigenvalue weighted by molar-refractivity contribution is 5.99. The summed E-state index contributed by atoms with van der Waals surface area (Å²) in [7, 11) is 0. The quantitative estimate of drug-likeness (QED) is 0.262. The number of aromatic amines is 1. The Bertz CT molecular complexity index is 1640. The average Bonchev–Trinajstić information content (AvgIpc) is 3.46. The van der Waals surface area contributed by atoms with Gasteiger partial charge in [-0.05, 0) is 30.3 Å². The molecule has 5 rings (SSSR count). The Morgan fingerprint density at radius 2 is 1.81 bits per heavy atom. The number of H-pyrrole nitrogens is 1. The summed E-state index contributed by atoms with van der Waals surface area (Å²) < 4.78 is 42.9. The van der Waals surface area contributed by atoms with E-state index in [1.165, 1.54) is 28.9 Å². The van der Waals surface area contributed by atoms with Crippen molar-refractivity contribution in [1.29, 1.82) is 0 Å². The van der Waals surface area contributed by atoms with Gasteiger partial charge in [-0.1, -0.05) is 35.5 Å². The fourth-order valence-corrected chi connectivity index (χ4v) is 3.56. The zero-order valence-electron chi connectivity index (χ0n) is 18.5. The number of amides is 1. The molecule has 0 fully saturated rings. The highest BCUT2D eigenvalue weighted by Crippen LogP contribution is 2.38. The molecule has 3 aromatic carbocycles. The number of nitrogens with zero attached hydrogens (tertiary/aromatic N) is 5. The smallest absolute Gasteiger partial charge is 0.507 e. The first-order valence-corrected chi connectivity index (χ1v) is 10.6. The van der Waals surface area contributed by atoms with Crippen LogP contribution in [0.2, 0.25) is 0 Å². The van der Waals surface area contributed by atoms with Gasteiger partial charge in [-0.25, -0.2) is 4.68 Å². The molecule has 0 radical (unpaired) electrons. The molecule has 0 saturated carbocycles. The maximum Gasteiger partial charge on any atom is 0.573 e. The summed E-state index contributed by atoms with van der Waals surface area (Å²) in [5, 5.41) is 35.9. The van der Waals surface area contributed by atoms with E-state index in [2.05, 4.69) is 30.3 Å². The Hall–Kier alpha value is -5.20. The molecule has 1 amide bonds. The number of benzene rings is 3. The largest absolute Gasteiger partial charge is 0.573 e. The second-order valence-corrected chi connectivity index (χ2v) is 7.70. The summed E-state index contributed by atoms with van der Waals surface area (Å²) in [6.45, 7) is 0. The van der Waals surface area contributed by atoms with E-state index in [9.17, 15) is 28.2 Å². The lowest BCUT2D eigenvalue weighted by molar-refractivity contribution is -0.274. The van der Waals surface area contributed by atoms with E-state index in [0.29, 0.717) is 11.4 Å². The number of nitrogens with one attached hydrogen (secondary N) is 1. The molecular formula is C24H15F3N6O4. The number of ether oxygens (including phenoxy) is 1. The fourth-order valence-electron chi connectivity index (χ4n) is 3.56. The van der Waals surface area contributed by atoms with Gasteiger partial charge in [0.25, 0.3) is 5.91 Å². The van der Waals surface area contributed by atoms with Crippen molar-refractivity contribution in [2.45, 2.75) is 6.36 Å². The van der Waals surface area contributed by atoms with Crippen LogP contribution < -0.4 is 4.74 Å². The van der Waals surface area contributed by atoms with Crippen LogP contribution in [0.15, 0.2) is 83.2 Å². The molecule has 0 atom stereocenters. The summed E-state index contributed by atoms with van der Waals surface area (Å²) in [4.78, 5) is 15.1. The number of azo groups is 1. The van der Waals surface area contributed by atoms with Crippen molar-refractivity contribution in [1.82, 2.24) is 20.0 Å². The van der Waals surface area contributed by atoms with Crippen LogP contribution in [-0.2, 0) is 0 Å². The van der Waals surface area contributed by atoms with Crippen molar-refractivity contribution in [3.63, 3.8) is 0 Å². The third kappa shape index (κ3) is 4.96. The minimum atomic E-state index is -4.91. The molecule has 2 aromatic heterocycles. The molecule has 13 heteroatoms. The first-order chi connectivity index (χ1) is 17.7. The van der Waals surface area contributed by atoms with Crippen LogP contribution in [0.25, 0.3) is 27.8 Å². The monoisotopic (exact) mass is 508 g/mol. The summed E-state index contributed by atoms with van der Waals surface area (Å²) in [5.41, 5.74) is 1.65. The molecule has 0 aliphatic carbocycles. The number of alkyl halides is 3. The van der Waals surface area contributed by atoms with Gasteiger partial charge in [-0.2, -0.15) is 0 Å². The number of hydrogen-bond acceptors (Lipinski definition) is 7. The van der Waals surface area contributed by atoms with Crippen LogP contribution in [0.3, 0.4) is 0 Å². The molecule has 0 spiro atoms. The predicted molar refractivity (Wildman–Crippen MR) is 124 cm³/mol. The molecule has 3 N–H and O–H groups in total. The van der Waals surface area contributed by atoms with Gasteiger partial charge in [0, 0.05) is 17.0 Å². The maximum atomic E-state index is 12.6. The molecule has 10 nitrogen and oxygen atoms in total. The van der Waals surface area contributed by atoms with Gasteiger partial charge in [-0.3, -0.25) is 4.79 Å². The van der Waals surface area contributed by atoms with Crippen LogP contribution in [0.4, 0.5) is 18.9 Å². The number of phenols is 1. The molecule has 0 aliphatic heterocycles. The normalized spacial score (nSPS) is 11.9. The predicted octanol–water partition coefficient (Wildman–Crippen LogP) is 5.65. The van der Waals surface area contributed by atoms with E-state index in [1.807, 2.05) is 30.3 Å². The Balaban J connectivity index is 1.38. The minimum Gasteiger partial charge on any atom is -0.507 e. The summed E-state index contributed by atoms with van der Waals surface area (Å²) in [6, 6.07) is 16.7. The van der Waals surface area contributed by atoms with Gasteiger partial charge in [0.1, 0.15) is 17.2 Å². The lowest BCUT2D eigenvalue weighted by Crippen LogP contribution is -2.16. The third-order valence-electron chi connectivity index (χ3n) is 5.24. The highest BCUT2D eigenvalue weighted by atomic mass is 19.4. The molecule has 37 heavy (non-hydrogen) atoms. The van der Waals surface area contributed by atoms with Crippen LogP contribution in [0, 0.1) is 0 Å². The topological polar surface area (TPSA) is 138 Å². The van der Waals surface area contributed by atoms with E-state index in [4.69, 9.17) is 0 Å². The lowest BCUT2D eigenvalue weighted by Gasteiger charge is -2.08. The van der Waals surface area contributed by atoms with Crippen molar-refractivity contribution >= 4 is 22.5 Å². The van der Waals surface area contributed by atoms with Crippen LogP contribution in [-0.4, -0.2) is 42.5 Å². The number of halogens is 3. The van der Waals surface area contributed by atoms with E-state index < -0.39 is 29.6 Å². The Kier molecular flexibility index (Phi) is 5.79. The highest BCUT2D eigenvalue weighted by Gasteiger charge is 2.31. The van der Waals surface area contributed by atoms with E-state index >= 15 is 0 Å². The molecule has 5 aromatic rings. The minimum absolute atomic E-state index is 0.0378. The van der Waals surface area contributed by atoms with Gasteiger partial charge in [-0.15, -0.1) is 28.5 Å². The maximum absolute atomic E-state index is 12.6. The van der Waals surface area contributed by atoms with Crippen molar-refractivity contribution < 1.29 is 32.9 Å². The number of aromatic hydroxyl groups is 2. The van der Waals surface area contributed by atoms with Crippen LogP contribution in [0.5, 0.6) is 17.4 Å². The zero-order chi connectivity index (χ0) is 26.2. The number of carbonyl (C=O) groups excluding carboxylic acids is 1. The number of hydrogen-bond donors (Lipinski definition) is 3. The van der Waals surface area contributed by atoms with E-state index in [0.717, 1.165) is 17.7 Å². The van der Waals surface area contributed by atoms with Gasteiger partial charge in [0.15, 0.2) is 5.69 Å². The number of phenolic OH excluding ortho intramolecular Hbond substituents is 1.